The Bertz CT molecular complexity index is 81.8. The predicted molar refractivity (Wildman–Crippen MR) is 21.8 cm³/mol. The molecule has 0 fully saturated rings. The Morgan fingerprint density at radius 2 is 1.67 bits per heavy atom. The van der Waals surface area contributed by atoms with Crippen molar-refractivity contribution in [1.29, 1.82) is 0 Å². The van der Waals surface area contributed by atoms with Crippen molar-refractivity contribution in [3.05, 3.63) is 12.2 Å². The van der Waals surface area contributed by atoms with Crippen LogP contribution in [0.1, 0.15) is 6.92 Å². The van der Waals surface area contributed by atoms with Gasteiger partial charge in [-0.25, -0.2) is 0 Å². The van der Waals surface area contributed by atoms with E-state index in [0.29, 0.717) is 0 Å². The average Bonchev–Trinajstić information content (AvgIpc) is 1.36. The molecule has 3 nitrogen and oxygen atoms in total. The van der Waals surface area contributed by atoms with E-state index in [4.69, 9.17) is 0 Å². The monoisotopic (exact) mass is 189 g/mol. The maximum absolute atomic E-state index is 9.49. The van der Waals surface area contributed by atoms with Gasteiger partial charge in [-0.3, -0.25) is 0 Å². The van der Waals surface area contributed by atoms with E-state index in [1.165, 1.54) is 6.92 Å². The predicted octanol–water partition coefficient (Wildman–Crippen LogP) is -3.86. The van der Waals surface area contributed by atoms with Gasteiger partial charge < -0.3 is 27.8 Å². The molecule has 0 aromatic rings. The number of rotatable bonds is 1. The Kier molecular flexibility index (Phi) is 27.9. The average molecular weight is 190 g/mol. The number of halogens is 1. The summed E-state index contributed by atoms with van der Waals surface area (Å²) in [5, 5.41) is 9.49. The minimum absolute atomic E-state index is 0. The fourth-order valence-electron chi connectivity index (χ4n) is 0. The van der Waals surface area contributed by atoms with E-state index in [1.54, 1.807) is 0 Å². The molecule has 0 aromatic carbocycles. The third kappa shape index (κ3) is 18.0. The van der Waals surface area contributed by atoms with Crippen LogP contribution in [0.4, 0.5) is 0 Å². The standard InChI is InChI=1S/C4H6O2.ClH.Cr.H2O/c1-3(2)4(5)6;;;/h1H2,2H3,(H,5,6);1H;;1H2/q;;+2;/p-3. The molecule has 0 aliphatic carbocycles. The van der Waals surface area contributed by atoms with Crippen molar-refractivity contribution in [2.24, 2.45) is 0 Å². The summed E-state index contributed by atoms with van der Waals surface area (Å²) in [4.78, 5) is 9.49. The van der Waals surface area contributed by atoms with Crippen molar-refractivity contribution in [1.82, 2.24) is 0 Å². The molecule has 0 aliphatic rings. The normalized spacial score (nSPS) is 5.00. The zero-order valence-corrected chi connectivity index (χ0v) is 6.79. The van der Waals surface area contributed by atoms with E-state index < -0.39 is 5.97 Å². The molecule has 54 valence electrons. The third-order valence-corrected chi connectivity index (χ3v) is 0.348. The molecule has 0 saturated heterocycles. The van der Waals surface area contributed by atoms with Gasteiger partial charge in [0.1, 0.15) is 0 Å². The number of carboxylic acids is 1. The summed E-state index contributed by atoms with van der Waals surface area (Å²) in [6.45, 7) is 4.48. The molecule has 0 amide bonds. The van der Waals surface area contributed by atoms with E-state index in [1.807, 2.05) is 0 Å². The first-order chi connectivity index (χ1) is 2.64. The first kappa shape index (κ1) is 23.0. The number of carboxylic acid groups (broad SMARTS) is 1. The van der Waals surface area contributed by atoms with E-state index in [9.17, 15) is 9.90 Å². The van der Waals surface area contributed by atoms with Crippen LogP contribution < -0.4 is 17.5 Å². The molecule has 5 heteroatoms. The molecule has 0 atom stereocenters. The largest absolute Gasteiger partial charge is 2.00 e. The number of carbonyl (C=O) groups is 1. The van der Waals surface area contributed by atoms with Gasteiger partial charge in [0.2, 0.25) is 0 Å². The summed E-state index contributed by atoms with van der Waals surface area (Å²) >= 11 is 0. The second-order valence-electron chi connectivity index (χ2n) is 1.07. The molecule has 0 unspecified atom stereocenters. The van der Waals surface area contributed by atoms with Crippen LogP contribution >= 0.6 is 0 Å². The van der Waals surface area contributed by atoms with Gasteiger partial charge in [-0.05, 0) is 12.5 Å². The van der Waals surface area contributed by atoms with E-state index in [2.05, 4.69) is 6.58 Å². The van der Waals surface area contributed by atoms with Crippen LogP contribution in [-0.2, 0) is 22.2 Å². The van der Waals surface area contributed by atoms with Crippen LogP contribution in [0.15, 0.2) is 12.2 Å². The van der Waals surface area contributed by atoms with E-state index in [0.717, 1.165) is 0 Å². The number of hydrogen-bond donors (Lipinski definition) is 0. The zero-order valence-electron chi connectivity index (χ0n) is 4.76. The van der Waals surface area contributed by atoms with Crippen LogP contribution in [0.25, 0.3) is 0 Å². The molecular formula is C4H6ClCrO3-. The molecule has 0 aromatic heterocycles. The van der Waals surface area contributed by atoms with Gasteiger partial charge in [-0.15, -0.1) is 0 Å². The summed E-state index contributed by atoms with van der Waals surface area (Å²) in [6.07, 6.45) is 0. The minimum atomic E-state index is -1.19. The summed E-state index contributed by atoms with van der Waals surface area (Å²) < 4.78 is 0. The second-order valence-corrected chi connectivity index (χ2v) is 1.07. The summed E-state index contributed by atoms with van der Waals surface area (Å²) in [5.74, 6) is -1.19. The van der Waals surface area contributed by atoms with Gasteiger partial charge in [0.25, 0.3) is 0 Å². The number of carbonyl (C=O) groups excluding carboxylic acids is 1. The molecule has 0 radical (unpaired) electrons. The fraction of sp³-hybridized carbons (Fsp3) is 0.250. The summed E-state index contributed by atoms with van der Waals surface area (Å²) in [5.41, 5.74) is 0.0648. The SMILES string of the molecule is C=C(C)C(=O)[O-].[Cl-].[Cr+2].[OH-]. The van der Waals surface area contributed by atoms with Crippen molar-refractivity contribution in [2.75, 3.05) is 0 Å². The molecule has 9 heavy (non-hydrogen) atoms. The first-order valence-corrected chi connectivity index (χ1v) is 1.51. The molecule has 0 spiro atoms. The Hall–Kier alpha value is -0.00753. The maximum atomic E-state index is 9.49. The van der Waals surface area contributed by atoms with Crippen LogP contribution in [0.3, 0.4) is 0 Å². The Balaban J connectivity index is -0.0000000417. The van der Waals surface area contributed by atoms with Gasteiger partial charge in [-0.2, -0.15) is 0 Å². The van der Waals surface area contributed by atoms with Crippen molar-refractivity contribution in [3.63, 3.8) is 0 Å². The van der Waals surface area contributed by atoms with Gasteiger partial charge in [0.15, 0.2) is 0 Å². The smallest absolute Gasteiger partial charge is 1.00 e. The van der Waals surface area contributed by atoms with E-state index in [-0.39, 0.29) is 40.8 Å². The fourth-order valence-corrected chi connectivity index (χ4v) is 0. The Labute approximate surface area is 70.6 Å². The molecule has 0 heterocycles. The molecule has 0 rings (SSSR count). The first-order valence-electron chi connectivity index (χ1n) is 1.51. The summed E-state index contributed by atoms with van der Waals surface area (Å²) in [6, 6.07) is 0. The number of hydrogen-bond acceptors (Lipinski definition) is 3. The maximum Gasteiger partial charge on any atom is 2.00 e. The molecular weight excluding hydrogens is 183 g/mol. The molecule has 0 saturated carbocycles. The minimum Gasteiger partial charge on any atom is -1.00 e. The second kappa shape index (κ2) is 10.9. The van der Waals surface area contributed by atoms with Crippen LogP contribution in [0.5, 0.6) is 0 Å². The van der Waals surface area contributed by atoms with Crippen molar-refractivity contribution >= 4 is 5.97 Å². The van der Waals surface area contributed by atoms with Crippen molar-refractivity contribution in [3.8, 4) is 0 Å². The van der Waals surface area contributed by atoms with Gasteiger partial charge >= 0.3 is 17.4 Å². The number of aliphatic carboxylic acids is 1. The Morgan fingerprint density at radius 1 is 1.56 bits per heavy atom. The quantitative estimate of drug-likeness (QED) is 0.397. The Morgan fingerprint density at radius 3 is 1.67 bits per heavy atom. The van der Waals surface area contributed by atoms with Gasteiger partial charge in [-0.1, -0.05) is 6.58 Å². The van der Waals surface area contributed by atoms with Crippen molar-refractivity contribution in [2.45, 2.75) is 6.92 Å². The molecule has 0 aliphatic heterocycles. The van der Waals surface area contributed by atoms with Crippen LogP contribution in [0, 0.1) is 0 Å². The van der Waals surface area contributed by atoms with Crippen LogP contribution in [-0.4, -0.2) is 11.4 Å². The van der Waals surface area contributed by atoms with Crippen molar-refractivity contribution < 1.29 is 45.1 Å². The van der Waals surface area contributed by atoms with Gasteiger partial charge in [0.05, 0.1) is 5.97 Å². The summed E-state index contributed by atoms with van der Waals surface area (Å²) in [7, 11) is 0. The topological polar surface area (TPSA) is 70.1 Å². The zero-order chi connectivity index (χ0) is 5.15. The van der Waals surface area contributed by atoms with Crippen LogP contribution in [0.2, 0.25) is 0 Å². The molecule has 1 N–H and O–H groups in total. The molecule has 0 bridgehead atoms. The third-order valence-electron chi connectivity index (χ3n) is 0.348. The van der Waals surface area contributed by atoms with Gasteiger partial charge in [0, 0.05) is 0 Å². The van der Waals surface area contributed by atoms with E-state index >= 15 is 0 Å².